The van der Waals surface area contributed by atoms with Crippen molar-refractivity contribution in [2.75, 3.05) is 0 Å². The summed E-state index contributed by atoms with van der Waals surface area (Å²) in [6, 6.07) is 0. The quantitative estimate of drug-likeness (QED) is 0.733. The summed E-state index contributed by atoms with van der Waals surface area (Å²) in [4.78, 5) is 11.2. The Hall–Kier alpha value is -0.570. The molecule has 4 fully saturated rings. The molecule has 0 aliphatic heterocycles. The predicted octanol–water partition coefficient (Wildman–Crippen LogP) is 4.91. The van der Waals surface area contributed by atoms with Crippen molar-refractivity contribution in [3.8, 4) is 0 Å². The van der Waals surface area contributed by atoms with Crippen molar-refractivity contribution in [1.82, 2.24) is 0 Å². The monoisotopic (exact) mass is 375 g/mol. The molecule has 4 aliphatic rings. The average molecular weight is 376 g/mol. The predicted molar refractivity (Wildman–Crippen MR) is 109 cm³/mol. The normalized spacial score (nSPS) is 51.9. The van der Waals surface area contributed by atoms with Crippen LogP contribution in [0.5, 0.6) is 0 Å². The largest absolute Gasteiger partial charge is 0.393 e. The van der Waals surface area contributed by atoms with E-state index in [1.165, 1.54) is 51.4 Å². The summed E-state index contributed by atoms with van der Waals surface area (Å²) in [6.45, 7) is 7.45. The van der Waals surface area contributed by atoms with Crippen LogP contribution in [0.4, 0.5) is 0 Å². The molecule has 0 saturated heterocycles. The highest BCUT2D eigenvalue weighted by Crippen LogP contribution is 2.68. The van der Waals surface area contributed by atoms with Crippen molar-refractivity contribution in [3.05, 3.63) is 0 Å². The topological polar surface area (TPSA) is 63.3 Å². The second-order valence-corrected chi connectivity index (χ2v) is 11.2. The first kappa shape index (κ1) is 19.7. The molecule has 0 radical (unpaired) electrons. The second kappa shape index (κ2) is 7.04. The Bertz CT molecular complexity index is 577. The number of carbonyl (C=O) groups excluding carboxylic acids is 1. The maximum absolute atomic E-state index is 11.5. The van der Waals surface area contributed by atoms with Crippen LogP contribution in [0.1, 0.15) is 91.4 Å². The molecule has 0 aromatic heterocycles. The number of primary amides is 1. The molecule has 3 nitrogen and oxygen atoms in total. The zero-order chi connectivity index (χ0) is 19.4. The molecule has 154 valence electrons. The van der Waals surface area contributed by atoms with E-state index >= 15 is 0 Å². The summed E-state index contributed by atoms with van der Waals surface area (Å²) in [5, 5.41) is 11.5. The molecule has 3 N–H and O–H groups in total. The Morgan fingerprint density at radius 1 is 1.00 bits per heavy atom. The van der Waals surface area contributed by atoms with Crippen LogP contribution >= 0.6 is 0 Å². The third kappa shape index (κ3) is 2.98. The summed E-state index contributed by atoms with van der Waals surface area (Å²) in [5.74, 6) is 3.61. The van der Waals surface area contributed by atoms with Gasteiger partial charge in [-0.1, -0.05) is 33.6 Å². The van der Waals surface area contributed by atoms with Gasteiger partial charge in [0.15, 0.2) is 0 Å². The lowest BCUT2D eigenvalue weighted by atomic mass is 9.42. The lowest BCUT2D eigenvalue weighted by Crippen LogP contribution is -2.60. The first-order valence-corrected chi connectivity index (χ1v) is 11.8. The fourth-order valence-electron chi connectivity index (χ4n) is 8.84. The molecule has 4 saturated carbocycles. The van der Waals surface area contributed by atoms with E-state index in [4.69, 9.17) is 5.73 Å². The number of carbonyl (C=O) groups is 1. The highest BCUT2D eigenvalue weighted by Gasteiger charge is 2.63. The van der Waals surface area contributed by atoms with Gasteiger partial charge in [0.25, 0.3) is 0 Å². The Morgan fingerprint density at radius 2 is 1.74 bits per heavy atom. The molecule has 1 amide bonds. The number of nitrogens with two attached hydrogens (primary N) is 1. The van der Waals surface area contributed by atoms with Gasteiger partial charge in [-0.3, -0.25) is 4.79 Å². The molecule has 0 aromatic carbocycles. The lowest BCUT2D eigenvalue weighted by Gasteiger charge is -2.64. The Kier molecular flexibility index (Phi) is 5.15. The van der Waals surface area contributed by atoms with E-state index in [0.717, 1.165) is 24.7 Å². The van der Waals surface area contributed by atoms with Crippen LogP contribution < -0.4 is 5.73 Å². The van der Waals surface area contributed by atoms with Crippen LogP contribution in [0.3, 0.4) is 0 Å². The Labute approximate surface area is 165 Å². The molecular formula is C24H41NO2. The van der Waals surface area contributed by atoms with Gasteiger partial charge in [-0.25, -0.2) is 0 Å². The minimum Gasteiger partial charge on any atom is -0.393 e. The van der Waals surface area contributed by atoms with Crippen molar-refractivity contribution < 1.29 is 9.90 Å². The van der Waals surface area contributed by atoms with Crippen LogP contribution in [0.15, 0.2) is 0 Å². The van der Waals surface area contributed by atoms with Gasteiger partial charge in [0.1, 0.15) is 0 Å². The molecule has 3 heteroatoms. The van der Waals surface area contributed by atoms with Crippen molar-refractivity contribution in [1.29, 1.82) is 0 Å². The van der Waals surface area contributed by atoms with Gasteiger partial charge in [0, 0.05) is 6.42 Å². The van der Waals surface area contributed by atoms with Crippen LogP contribution in [0.25, 0.3) is 0 Å². The molecule has 4 aliphatic carbocycles. The third-order valence-electron chi connectivity index (χ3n) is 10.2. The summed E-state index contributed by atoms with van der Waals surface area (Å²) in [5.41, 5.74) is 6.18. The Morgan fingerprint density at radius 3 is 2.48 bits per heavy atom. The standard InChI is InChI=1S/C24H41NO2/c1-15-17-8-4-5-13-24(17,3)19-12-14-23(2)16(7-6-9-20(25)26)10-11-18(23)21(19)22(15)27/h15-19,21-22,27H,4-14H2,1-3H3,(H2,25,26). The lowest BCUT2D eigenvalue weighted by molar-refractivity contribution is -0.188. The molecule has 9 atom stereocenters. The van der Waals surface area contributed by atoms with E-state index in [-0.39, 0.29) is 12.0 Å². The molecule has 0 heterocycles. The molecule has 0 bridgehead atoms. The number of hydrogen-bond acceptors (Lipinski definition) is 2. The van der Waals surface area contributed by atoms with Gasteiger partial charge in [-0.15, -0.1) is 0 Å². The van der Waals surface area contributed by atoms with Gasteiger partial charge in [0.2, 0.25) is 5.91 Å². The third-order valence-corrected chi connectivity index (χ3v) is 10.2. The summed E-state index contributed by atoms with van der Waals surface area (Å²) in [7, 11) is 0. The molecule has 4 rings (SSSR count). The maximum Gasteiger partial charge on any atom is 0.217 e. The number of rotatable bonds is 4. The Balaban J connectivity index is 1.57. The summed E-state index contributed by atoms with van der Waals surface area (Å²) < 4.78 is 0. The van der Waals surface area contributed by atoms with Crippen LogP contribution in [0.2, 0.25) is 0 Å². The first-order valence-electron chi connectivity index (χ1n) is 11.8. The van der Waals surface area contributed by atoms with E-state index in [1.54, 1.807) is 0 Å². The number of amides is 1. The summed E-state index contributed by atoms with van der Waals surface area (Å²) >= 11 is 0. The fraction of sp³-hybridized carbons (Fsp3) is 0.958. The smallest absolute Gasteiger partial charge is 0.217 e. The minimum absolute atomic E-state index is 0.111. The zero-order valence-corrected chi connectivity index (χ0v) is 17.8. The zero-order valence-electron chi connectivity index (χ0n) is 17.8. The second-order valence-electron chi connectivity index (χ2n) is 11.2. The van der Waals surface area contributed by atoms with Gasteiger partial charge in [-0.05, 0) is 97.7 Å². The van der Waals surface area contributed by atoms with Gasteiger partial charge >= 0.3 is 0 Å². The van der Waals surface area contributed by atoms with E-state index in [1.807, 2.05) is 0 Å². The van der Waals surface area contributed by atoms with E-state index < -0.39 is 0 Å². The number of fused-ring (bicyclic) bond motifs is 5. The van der Waals surface area contributed by atoms with Gasteiger partial charge in [-0.2, -0.15) is 0 Å². The molecule has 9 unspecified atom stereocenters. The van der Waals surface area contributed by atoms with Gasteiger partial charge < -0.3 is 10.8 Å². The highest BCUT2D eigenvalue weighted by atomic mass is 16.3. The maximum atomic E-state index is 11.5. The van der Waals surface area contributed by atoms with E-state index in [0.29, 0.717) is 40.9 Å². The van der Waals surface area contributed by atoms with Crippen LogP contribution in [0, 0.1) is 46.3 Å². The molecular weight excluding hydrogens is 334 g/mol. The average Bonchev–Trinajstić information content (AvgIpc) is 2.95. The van der Waals surface area contributed by atoms with Gasteiger partial charge in [0.05, 0.1) is 6.10 Å². The fourth-order valence-corrected chi connectivity index (χ4v) is 8.84. The molecule has 0 aromatic rings. The van der Waals surface area contributed by atoms with Crippen molar-refractivity contribution in [3.63, 3.8) is 0 Å². The molecule has 0 spiro atoms. The SMILES string of the molecule is CC1C(O)C2C3CCC(CCCC(N)=O)C3(C)CCC2C2(C)CCCCC12. The first-order chi connectivity index (χ1) is 12.8. The van der Waals surface area contributed by atoms with Crippen LogP contribution in [-0.4, -0.2) is 17.1 Å². The van der Waals surface area contributed by atoms with Crippen molar-refractivity contribution >= 4 is 5.91 Å². The highest BCUT2D eigenvalue weighted by molar-refractivity contribution is 5.73. The van der Waals surface area contributed by atoms with E-state index in [2.05, 4.69) is 20.8 Å². The van der Waals surface area contributed by atoms with E-state index in [9.17, 15) is 9.90 Å². The van der Waals surface area contributed by atoms with Crippen molar-refractivity contribution in [2.45, 2.75) is 97.5 Å². The minimum atomic E-state index is -0.161. The number of aliphatic hydroxyl groups excluding tert-OH is 1. The summed E-state index contributed by atoms with van der Waals surface area (Å²) in [6.07, 6.45) is 13.1. The van der Waals surface area contributed by atoms with Crippen LogP contribution in [-0.2, 0) is 4.79 Å². The molecule has 27 heavy (non-hydrogen) atoms. The number of aliphatic hydroxyl groups is 1. The number of hydrogen-bond donors (Lipinski definition) is 2. The van der Waals surface area contributed by atoms with Crippen molar-refractivity contribution in [2.24, 2.45) is 52.1 Å².